The largest absolute Gasteiger partial charge is 0.275 e. The summed E-state index contributed by atoms with van der Waals surface area (Å²) >= 11 is 0. The molecule has 1 aromatic heterocycles. The lowest BCUT2D eigenvalue weighted by Gasteiger charge is -2.13. The van der Waals surface area contributed by atoms with E-state index in [-0.39, 0.29) is 10.5 Å². The Labute approximate surface area is 187 Å². The first kappa shape index (κ1) is 21.5. The van der Waals surface area contributed by atoms with Crippen LogP contribution in [0.25, 0.3) is 28.3 Å². The van der Waals surface area contributed by atoms with Gasteiger partial charge in [-0.15, -0.1) is 0 Å². The summed E-state index contributed by atoms with van der Waals surface area (Å²) in [7, 11) is -3.31. The van der Waals surface area contributed by atoms with Gasteiger partial charge in [-0.05, 0) is 34.4 Å². The van der Waals surface area contributed by atoms with Gasteiger partial charge in [-0.1, -0.05) is 79.4 Å². The average Bonchev–Trinajstić information content (AvgIpc) is 2.80. The smallest absolute Gasteiger partial charge is 0.267 e. The minimum atomic E-state index is -3.31. The van der Waals surface area contributed by atoms with Crippen LogP contribution in [0.4, 0.5) is 0 Å². The highest BCUT2D eigenvalue weighted by atomic mass is 32.2. The molecule has 4 aromatic rings. The van der Waals surface area contributed by atoms with Crippen LogP contribution in [-0.4, -0.2) is 24.5 Å². The topological polar surface area (TPSA) is 69.0 Å². The molecule has 0 saturated carbocycles. The third kappa shape index (κ3) is 4.45. The van der Waals surface area contributed by atoms with E-state index in [9.17, 15) is 13.2 Å². The van der Waals surface area contributed by atoms with Crippen molar-refractivity contribution in [3.8, 4) is 22.3 Å². The molecule has 0 spiro atoms. The van der Waals surface area contributed by atoms with Crippen molar-refractivity contribution >= 4 is 15.9 Å². The highest BCUT2D eigenvalue weighted by Gasteiger charge is 2.16. The molecule has 32 heavy (non-hydrogen) atoms. The predicted molar refractivity (Wildman–Crippen MR) is 128 cm³/mol. The van der Waals surface area contributed by atoms with E-state index in [1.54, 1.807) is 36.5 Å². The Hall–Kier alpha value is -3.77. The fourth-order valence-electron chi connectivity index (χ4n) is 3.52. The van der Waals surface area contributed by atoms with Crippen LogP contribution < -0.4 is 5.56 Å². The second kappa shape index (κ2) is 8.77. The first-order chi connectivity index (χ1) is 15.4. The SMILES string of the molecule is C=Cc1ccc(-c2c(-c3ccc(S(C)(=O)=O)cc3)cnn(Cc3ccccc3)c2=O)cc1. The van der Waals surface area contributed by atoms with Crippen molar-refractivity contribution in [3.05, 3.63) is 113 Å². The number of rotatable bonds is 6. The minimum absolute atomic E-state index is 0.218. The van der Waals surface area contributed by atoms with Crippen molar-refractivity contribution in [3.63, 3.8) is 0 Å². The van der Waals surface area contributed by atoms with E-state index in [1.165, 1.54) is 10.9 Å². The first-order valence-electron chi connectivity index (χ1n) is 10.0. The minimum Gasteiger partial charge on any atom is -0.267 e. The van der Waals surface area contributed by atoms with Crippen molar-refractivity contribution in [2.24, 2.45) is 0 Å². The maximum absolute atomic E-state index is 13.5. The molecule has 0 bridgehead atoms. The number of benzene rings is 3. The van der Waals surface area contributed by atoms with E-state index in [0.717, 1.165) is 22.3 Å². The second-order valence-corrected chi connectivity index (χ2v) is 9.52. The van der Waals surface area contributed by atoms with Crippen LogP contribution in [0.3, 0.4) is 0 Å². The molecule has 160 valence electrons. The first-order valence-corrected chi connectivity index (χ1v) is 11.9. The summed E-state index contributed by atoms with van der Waals surface area (Å²) < 4.78 is 25.1. The molecule has 0 aliphatic heterocycles. The molecule has 1 heterocycles. The van der Waals surface area contributed by atoms with E-state index in [2.05, 4.69) is 11.7 Å². The molecular weight excluding hydrogens is 420 g/mol. The van der Waals surface area contributed by atoms with Crippen molar-refractivity contribution in [1.29, 1.82) is 0 Å². The normalized spacial score (nSPS) is 11.3. The molecule has 0 N–H and O–H groups in total. The zero-order valence-electron chi connectivity index (χ0n) is 17.6. The molecule has 0 amide bonds. The molecule has 3 aromatic carbocycles. The van der Waals surface area contributed by atoms with Crippen LogP contribution in [-0.2, 0) is 16.4 Å². The monoisotopic (exact) mass is 442 g/mol. The number of nitrogens with zero attached hydrogens (tertiary/aromatic N) is 2. The lowest BCUT2D eigenvalue weighted by atomic mass is 9.96. The summed E-state index contributed by atoms with van der Waals surface area (Å²) in [6.45, 7) is 4.13. The van der Waals surface area contributed by atoms with Crippen LogP contribution in [0.15, 0.2) is 101 Å². The van der Waals surface area contributed by atoms with Crippen LogP contribution in [0.1, 0.15) is 11.1 Å². The van der Waals surface area contributed by atoms with E-state index >= 15 is 0 Å². The van der Waals surface area contributed by atoms with Crippen LogP contribution in [0.2, 0.25) is 0 Å². The van der Waals surface area contributed by atoms with Gasteiger partial charge in [0.05, 0.1) is 23.2 Å². The zero-order chi connectivity index (χ0) is 22.7. The number of hydrogen-bond acceptors (Lipinski definition) is 4. The fraction of sp³-hybridized carbons (Fsp3) is 0.0769. The van der Waals surface area contributed by atoms with Crippen molar-refractivity contribution in [2.75, 3.05) is 6.26 Å². The van der Waals surface area contributed by atoms with Gasteiger partial charge in [0.15, 0.2) is 9.84 Å². The number of hydrogen-bond donors (Lipinski definition) is 0. The van der Waals surface area contributed by atoms with Crippen LogP contribution >= 0.6 is 0 Å². The number of aromatic nitrogens is 2. The number of sulfone groups is 1. The van der Waals surface area contributed by atoms with Gasteiger partial charge in [0.25, 0.3) is 5.56 Å². The zero-order valence-corrected chi connectivity index (χ0v) is 18.4. The standard InChI is InChI=1S/C26H22N2O3S/c1-3-19-9-11-22(12-10-19)25-24(21-13-15-23(16-14-21)32(2,30)31)17-27-28(26(25)29)18-20-7-5-4-6-8-20/h3-17H,1,18H2,2H3. The molecular formula is C26H22N2O3S. The molecule has 0 aliphatic rings. The molecule has 0 radical (unpaired) electrons. The quantitative estimate of drug-likeness (QED) is 0.435. The molecule has 0 atom stereocenters. The van der Waals surface area contributed by atoms with Crippen molar-refractivity contribution < 1.29 is 8.42 Å². The summed E-state index contributed by atoms with van der Waals surface area (Å²) in [5, 5.41) is 4.41. The maximum atomic E-state index is 13.5. The lowest BCUT2D eigenvalue weighted by molar-refractivity contribution is 0.602. The van der Waals surface area contributed by atoms with E-state index in [1.807, 2.05) is 54.6 Å². The predicted octanol–water partition coefficient (Wildman–Crippen LogP) is 4.67. The second-order valence-electron chi connectivity index (χ2n) is 7.50. The van der Waals surface area contributed by atoms with Gasteiger partial charge in [0, 0.05) is 11.8 Å². The average molecular weight is 443 g/mol. The molecule has 0 saturated heterocycles. The summed E-state index contributed by atoms with van der Waals surface area (Å²) in [5.41, 5.74) is 4.34. The van der Waals surface area contributed by atoms with Gasteiger partial charge >= 0.3 is 0 Å². The summed E-state index contributed by atoms with van der Waals surface area (Å²) in [4.78, 5) is 13.8. The van der Waals surface area contributed by atoms with Gasteiger partial charge in [0.1, 0.15) is 0 Å². The van der Waals surface area contributed by atoms with Gasteiger partial charge in [-0.3, -0.25) is 4.79 Å². The maximum Gasteiger partial charge on any atom is 0.275 e. The van der Waals surface area contributed by atoms with Gasteiger partial charge < -0.3 is 0 Å². The van der Waals surface area contributed by atoms with E-state index < -0.39 is 9.84 Å². The van der Waals surface area contributed by atoms with Crippen LogP contribution in [0.5, 0.6) is 0 Å². The molecule has 0 fully saturated rings. The van der Waals surface area contributed by atoms with Crippen molar-refractivity contribution in [2.45, 2.75) is 11.4 Å². The summed E-state index contributed by atoms with van der Waals surface area (Å²) in [6, 6.07) is 23.7. The Balaban J connectivity index is 1.88. The van der Waals surface area contributed by atoms with Gasteiger partial charge in [-0.25, -0.2) is 13.1 Å². The summed E-state index contributed by atoms with van der Waals surface area (Å²) in [6.07, 6.45) is 4.58. The molecule has 5 nitrogen and oxygen atoms in total. The fourth-order valence-corrected chi connectivity index (χ4v) is 4.15. The Morgan fingerprint density at radius 2 is 1.53 bits per heavy atom. The molecule has 4 rings (SSSR count). The van der Waals surface area contributed by atoms with Gasteiger partial charge in [0.2, 0.25) is 0 Å². The van der Waals surface area contributed by atoms with Crippen molar-refractivity contribution in [1.82, 2.24) is 9.78 Å². The third-order valence-electron chi connectivity index (χ3n) is 5.25. The summed E-state index contributed by atoms with van der Waals surface area (Å²) in [5.74, 6) is 0. The van der Waals surface area contributed by atoms with Crippen LogP contribution in [0, 0.1) is 0 Å². The Kier molecular flexibility index (Phi) is 5.88. The molecule has 0 aliphatic carbocycles. The Bertz CT molecular complexity index is 1420. The Morgan fingerprint density at radius 1 is 0.906 bits per heavy atom. The van der Waals surface area contributed by atoms with E-state index in [4.69, 9.17) is 0 Å². The highest BCUT2D eigenvalue weighted by molar-refractivity contribution is 7.90. The lowest BCUT2D eigenvalue weighted by Crippen LogP contribution is -2.25. The molecule has 0 unspecified atom stereocenters. The third-order valence-corrected chi connectivity index (χ3v) is 6.38. The van der Waals surface area contributed by atoms with Gasteiger partial charge in [-0.2, -0.15) is 5.10 Å². The van der Waals surface area contributed by atoms with E-state index in [0.29, 0.717) is 17.7 Å². The highest BCUT2D eigenvalue weighted by Crippen LogP contribution is 2.30. The molecule has 6 heteroatoms. The Morgan fingerprint density at radius 3 is 2.12 bits per heavy atom.